The summed E-state index contributed by atoms with van der Waals surface area (Å²) in [6, 6.07) is 3.40. The molecule has 6 nitrogen and oxygen atoms in total. The molecule has 0 aliphatic carbocycles. The second-order valence-electron chi connectivity index (χ2n) is 4.12. The number of rotatable bonds is 3. The van der Waals surface area contributed by atoms with Crippen LogP contribution in [0.4, 0.5) is 5.82 Å². The number of hydrogen-bond donors (Lipinski definition) is 2. The number of ketones is 1. The number of anilines is 1. The van der Waals surface area contributed by atoms with Gasteiger partial charge in [0.15, 0.2) is 5.78 Å². The van der Waals surface area contributed by atoms with Gasteiger partial charge in [0.25, 0.3) is 0 Å². The summed E-state index contributed by atoms with van der Waals surface area (Å²) in [6.07, 6.45) is 0.702. The van der Waals surface area contributed by atoms with Gasteiger partial charge in [-0.2, -0.15) is 0 Å². The number of pyridine rings is 1. The van der Waals surface area contributed by atoms with Crippen molar-refractivity contribution >= 4 is 17.5 Å². The van der Waals surface area contributed by atoms with Gasteiger partial charge >= 0.3 is 0 Å². The lowest BCUT2D eigenvalue weighted by molar-refractivity contribution is -0.124. The van der Waals surface area contributed by atoms with Crippen LogP contribution in [0.25, 0.3) is 0 Å². The summed E-state index contributed by atoms with van der Waals surface area (Å²) in [4.78, 5) is 26.3. The molecule has 1 fully saturated rings. The molecule has 0 unspecified atom stereocenters. The average molecular weight is 250 g/mol. The molecule has 2 atom stereocenters. The molecule has 2 rings (SSSR count). The molecule has 1 saturated heterocycles. The van der Waals surface area contributed by atoms with Gasteiger partial charge in [0.1, 0.15) is 11.9 Å². The van der Waals surface area contributed by atoms with Gasteiger partial charge in [0.05, 0.1) is 12.7 Å². The molecule has 1 amide bonds. The first-order chi connectivity index (χ1) is 8.60. The number of ether oxygens (including phenoxy) is 1. The standard InChI is InChI=1S/C12H14N2O4/c1-7(16)14-12-3-2-8(5-13-12)10-4-9(17)11(6-15)18-10/h2-3,5,10-11,15H,4,6H2,1H3,(H,13,14,16)/t10-,11-/m1/s1. The van der Waals surface area contributed by atoms with Crippen LogP contribution in [0.2, 0.25) is 0 Å². The van der Waals surface area contributed by atoms with Crippen molar-refractivity contribution in [2.45, 2.75) is 25.6 Å². The highest BCUT2D eigenvalue weighted by Gasteiger charge is 2.33. The van der Waals surface area contributed by atoms with Gasteiger partial charge < -0.3 is 15.2 Å². The number of amides is 1. The first-order valence-electron chi connectivity index (χ1n) is 5.62. The normalized spacial score (nSPS) is 23.1. The maximum atomic E-state index is 11.4. The molecular formula is C12H14N2O4. The van der Waals surface area contributed by atoms with Crippen LogP contribution < -0.4 is 5.32 Å². The predicted molar refractivity (Wildman–Crippen MR) is 62.9 cm³/mol. The van der Waals surface area contributed by atoms with Gasteiger partial charge in [-0.3, -0.25) is 9.59 Å². The SMILES string of the molecule is CC(=O)Nc1ccc([C@H]2CC(=O)[C@@H](CO)O2)cn1. The van der Waals surface area contributed by atoms with E-state index in [0.717, 1.165) is 5.56 Å². The van der Waals surface area contributed by atoms with Crippen LogP contribution in [0, 0.1) is 0 Å². The Kier molecular flexibility index (Phi) is 3.69. The van der Waals surface area contributed by atoms with Crippen LogP contribution in [-0.2, 0) is 14.3 Å². The third-order valence-corrected chi connectivity index (χ3v) is 2.70. The Morgan fingerprint density at radius 2 is 2.39 bits per heavy atom. The lowest BCUT2D eigenvalue weighted by Crippen LogP contribution is -2.19. The second kappa shape index (κ2) is 5.24. The largest absolute Gasteiger partial charge is 0.393 e. The average Bonchev–Trinajstić information content (AvgIpc) is 2.71. The van der Waals surface area contributed by atoms with E-state index in [1.54, 1.807) is 18.3 Å². The van der Waals surface area contributed by atoms with Gasteiger partial charge in [-0.1, -0.05) is 6.07 Å². The fourth-order valence-corrected chi connectivity index (χ4v) is 1.83. The third-order valence-electron chi connectivity index (χ3n) is 2.70. The van der Waals surface area contributed by atoms with Gasteiger partial charge in [-0.15, -0.1) is 0 Å². The summed E-state index contributed by atoms with van der Waals surface area (Å²) in [6.45, 7) is 1.10. The minimum atomic E-state index is -0.731. The number of aliphatic hydroxyl groups excluding tert-OH is 1. The van der Waals surface area contributed by atoms with Crippen LogP contribution in [0.15, 0.2) is 18.3 Å². The topological polar surface area (TPSA) is 88.5 Å². The summed E-state index contributed by atoms with van der Waals surface area (Å²) in [5.41, 5.74) is 0.758. The van der Waals surface area contributed by atoms with E-state index < -0.39 is 6.10 Å². The summed E-state index contributed by atoms with van der Waals surface area (Å²) in [7, 11) is 0. The summed E-state index contributed by atoms with van der Waals surface area (Å²) in [5, 5.41) is 11.5. The lowest BCUT2D eigenvalue weighted by atomic mass is 10.1. The molecule has 0 spiro atoms. The zero-order chi connectivity index (χ0) is 13.1. The summed E-state index contributed by atoms with van der Waals surface area (Å²) in [5.74, 6) is 0.158. The minimum Gasteiger partial charge on any atom is -0.393 e. The van der Waals surface area contributed by atoms with Crippen molar-refractivity contribution in [2.24, 2.45) is 0 Å². The molecule has 0 radical (unpaired) electrons. The second-order valence-corrected chi connectivity index (χ2v) is 4.12. The lowest BCUT2D eigenvalue weighted by Gasteiger charge is -2.11. The van der Waals surface area contributed by atoms with Gasteiger partial charge in [0.2, 0.25) is 5.91 Å². The van der Waals surface area contributed by atoms with Crippen molar-refractivity contribution in [3.63, 3.8) is 0 Å². The first-order valence-corrected chi connectivity index (χ1v) is 5.62. The molecule has 0 bridgehead atoms. The molecule has 1 aliphatic rings. The Balaban J connectivity index is 2.06. The number of Topliss-reactive ketones (excluding diaryl/α,β-unsaturated/α-hetero) is 1. The quantitative estimate of drug-likeness (QED) is 0.812. The molecular weight excluding hydrogens is 236 g/mol. The van der Waals surface area contributed by atoms with Crippen molar-refractivity contribution in [3.05, 3.63) is 23.9 Å². The number of aliphatic hydroxyl groups is 1. The Morgan fingerprint density at radius 1 is 1.61 bits per heavy atom. The number of nitrogens with zero attached hydrogens (tertiary/aromatic N) is 1. The van der Waals surface area contributed by atoms with Crippen LogP contribution in [0.5, 0.6) is 0 Å². The third kappa shape index (κ3) is 2.72. The zero-order valence-electron chi connectivity index (χ0n) is 9.92. The monoisotopic (exact) mass is 250 g/mol. The number of hydrogen-bond acceptors (Lipinski definition) is 5. The van der Waals surface area contributed by atoms with Crippen LogP contribution in [-0.4, -0.2) is 34.5 Å². The molecule has 1 aliphatic heterocycles. The van der Waals surface area contributed by atoms with E-state index in [9.17, 15) is 9.59 Å². The predicted octanol–water partition coefficient (Wildman–Crippen LogP) is 0.431. The molecule has 0 saturated carbocycles. The minimum absolute atomic E-state index is 0.103. The molecule has 18 heavy (non-hydrogen) atoms. The van der Waals surface area contributed by atoms with E-state index in [2.05, 4.69) is 10.3 Å². The van der Waals surface area contributed by atoms with E-state index in [1.165, 1.54) is 6.92 Å². The molecule has 1 aromatic heterocycles. The number of carbonyl (C=O) groups excluding carboxylic acids is 2. The number of carbonyl (C=O) groups is 2. The maximum absolute atomic E-state index is 11.4. The smallest absolute Gasteiger partial charge is 0.222 e. The van der Waals surface area contributed by atoms with Crippen molar-refractivity contribution in [3.8, 4) is 0 Å². The highest BCUT2D eigenvalue weighted by molar-refractivity contribution is 5.87. The highest BCUT2D eigenvalue weighted by Crippen LogP contribution is 2.30. The molecule has 2 N–H and O–H groups in total. The molecule has 96 valence electrons. The van der Waals surface area contributed by atoms with Crippen LogP contribution in [0.1, 0.15) is 25.0 Å². The van der Waals surface area contributed by atoms with E-state index in [4.69, 9.17) is 9.84 Å². The fraction of sp³-hybridized carbons (Fsp3) is 0.417. The molecule has 6 heteroatoms. The Morgan fingerprint density at radius 3 is 2.89 bits per heavy atom. The van der Waals surface area contributed by atoms with Crippen LogP contribution >= 0.6 is 0 Å². The highest BCUT2D eigenvalue weighted by atomic mass is 16.5. The number of aromatic nitrogens is 1. The Labute approximate surface area is 104 Å². The fourth-order valence-electron chi connectivity index (χ4n) is 1.83. The molecule has 2 heterocycles. The van der Waals surface area contributed by atoms with Crippen molar-refractivity contribution in [1.29, 1.82) is 0 Å². The molecule has 0 aromatic carbocycles. The van der Waals surface area contributed by atoms with Crippen molar-refractivity contribution in [2.75, 3.05) is 11.9 Å². The van der Waals surface area contributed by atoms with E-state index in [-0.39, 0.29) is 30.8 Å². The van der Waals surface area contributed by atoms with E-state index in [0.29, 0.717) is 5.82 Å². The zero-order valence-corrected chi connectivity index (χ0v) is 9.92. The summed E-state index contributed by atoms with van der Waals surface area (Å²) < 4.78 is 5.40. The van der Waals surface area contributed by atoms with Gasteiger partial charge in [-0.05, 0) is 11.6 Å². The first kappa shape index (κ1) is 12.7. The van der Waals surface area contributed by atoms with Crippen molar-refractivity contribution < 1.29 is 19.4 Å². The maximum Gasteiger partial charge on any atom is 0.222 e. The van der Waals surface area contributed by atoms with Gasteiger partial charge in [0, 0.05) is 19.5 Å². The van der Waals surface area contributed by atoms with E-state index >= 15 is 0 Å². The summed E-state index contributed by atoms with van der Waals surface area (Å²) >= 11 is 0. The van der Waals surface area contributed by atoms with Gasteiger partial charge in [-0.25, -0.2) is 4.98 Å². The van der Waals surface area contributed by atoms with Crippen LogP contribution in [0.3, 0.4) is 0 Å². The Bertz CT molecular complexity index is 458. The van der Waals surface area contributed by atoms with Crippen molar-refractivity contribution in [1.82, 2.24) is 4.98 Å². The van der Waals surface area contributed by atoms with E-state index in [1.807, 2.05) is 0 Å². The molecule has 1 aromatic rings. The Hall–Kier alpha value is -1.79. The number of nitrogens with one attached hydrogen (secondary N) is 1.